The van der Waals surface area contributed by atoms with Crippen molar-refractivity contribution in [1.82, 2.24) is 9.97 Å². The van der Waals surface area contributed by atoms with E-state index in [4.69, 9.17) is 0 Å². The summed E-state index contributed by atoms with van der Waals surface area (Å²) in [7, 11) is 0. The molecule has 0 bridgehead atoms. The van der Waals surface area contributed by atoms with Gasteiger partial charge in [0.05, 0.1) is 5.52 Å². The van der Waals surface area contributed by atoms with Crippen LogP contribution in [-0.4, -0.2) is 9.97 Å². The molecule has 0 aliphatic heterocycles. The van der Waals surface area contributed by atoms with Crippen molar-refractivity contribution >= 4 is 38.6 Å². The third-order valence-electron chi connectivity index (χ3n) is 2.53. The lowest BCUT2D eigenvalue weighted by molar-refractivity contribution is 1.10. The quantitative estimate of drug-likeness (QED) is 0.649. The smallest absolute Gasteiger partial charge is 0.117 e. The molecular formula is C14H9BrN2S. The van der Waals surface area contributed by atoms with Crippen LogP contribution >= 0.6 is 27.7 Å². The number of rotatable bonds is 2. The lowest BCUT2D eigenvalue weighted by atomic mass is 10.2. The number of hydrogen-bond acceptors (Lipinski definition) is 3. The molecule has 1 aromatic heterocycles. The standard InChI is InChI=1S/C14H9BrN2S/c15-10-5-7-11(8-6-10)18-14-12-3-1-2-4-13(12)16-9-17-14/h1-9H. The van der Waals surface area contributed by atoms with Crippen LogP contribution in [0.2, 0.25) is 0 Å². The molecule has 1 heterocycles. The zero-order chi connectivity index (χ0) is 12.4. The third-order valence-corrected chi connectivity index (χ3v) is 4.09. The summed E-state index contributed by atoms with van der Waals surface area (Å²) in [6.45, 7) is 0. The van der Waals surface area contributed by atoms with Gasteiger partial charge in [0, 0.05) is 14.8 Å². The molecule has 0 aliphatic carbocycles. The molecule has 88 valence electrons. The van der Waals surface area contributed by atoms with Crippen molar-refractivity contribution in [2.24, 2.45) is 0 Å². The Labute approximate surface area is 118 Å². The van der Waals surface area contributed by atoms with Crippen molar-refractivity contribution in [1.29, 1.82) is 0 Å². The normalized spacial score (nSPS) is 10.7. The summed E-state index contributed by atoms with van der Waals surface area (Å²) in [5.41, 5.74) is 0.979. The van der Waals surface area contributed by atoms with Crippen LogP contribution in [0.5, 0.6) is 0 Å². The summed E-state index contributed by atoms with van der Waals surface area (Å²) in [5.74, 6) is 0. The summed E-state index contributed by atoms with van der Waals surface area (Å²) in [6, 6.07) is 16.3. The van der Waals surface area contributed by atoms with Gasteiger partial charge in [-0.2, -0.15) is 0 Å². The Hall–Kier alpha value is -1.39. The summed E-state index contributed by atoms with van der Waals surface area (Å²) in [4.78, 5) is 9.80. The van der Waals surface area contributed by atoms with Crippen LogP contribution in [0, 0.1) is 0 Å². The van der Waals surface area contributed by atoms with Crippen molar-refractivity contribution in [3.05, 3.63) is 59.3 Å². The minimum atomic E-state index is 0.979. The van der Waals surface area contributed by atoms with E-state index in [-0.39, 0.29) is 0 Å². The molecule has 0 amide bonds. The second-order valence-electron chi connectivity index (χ2n) is 3.75. The Morgan fingerprint density at radius 2 is 1.67 bits per heavy atom. The van der Waals surface area contributed by atoms with Gasteiger partial charge in [-0.1, -0.05) is 45.9 Å². The molecular weight excluding hydrogens is 308 g/mol. The maximum absolute atomic E-state index is 4.36. The van der Waals surface area contributed by atoms with E-state index in [0.29, 0.717) is 0 Å². The number of hydrogen-bond donors (Lipinski definition) is 0. The molecule has 3 rings (SSSR count). The monoisotopic (exact) mass is 316 g/mol. The lowest BCUT2D eigenvalue weighted by Gasteiger charge is -2.04. The van der Waals surface area contributed by atoms with Crippen LogP contribution in [0.4, 0.5) is 0 Å². The summed E-state index contributed by atoms with van der Waals surface area (Å²) < 4.78 is 1.08. The Morgan fingerprint density at radius 3 is 2.50 bits per heavy atom. The maximum atomic E-state index is 4.36. The molecule has 0 saturated carbocycles. The Morgan fingerprint density at radius 1 is 0.889 bits per heavy atom. The first-order valence-electron chi connectivity index (χ1n) is 5.46. The van der Waals surface area contributed by atoms with Crippen molar-refractivity contribution in [2.45, 2.75) is 9.92 Å². The van der Waals surface area contributed by atoms with Gasteiger partial charge in [-0.25, -0.2) is 9.97 Å². The van der Waals surface area contributed by atoms with E-state index >= 15 is 0 Å². The molecule has 0 atom stereocenters. The highest BCUT2D eigenvalue weighted by atomic mass is 79.9. The molecule has 2 aromatic carbocycles. The van der Waals surface area contributed by atoms with Gasteiger partial charge in [0.2, 0.25) is 0 Å². The van der Waals surface area contributed by atoms with Crippen molar-refractivity contribution in [2.75, 3.05) is 0 Å². The van der Waals surface area contributed by atoms with E-state index in [1.165, 1.54) is 4.90 Å². The Bertz CT molecular complexity index is 677. The van der Waals surface area contributed by atoms with E-state index in [9.17, 15) is 0 Å². The van der Waals surface area contributed by atoms with Crippen LogP contribution in [0.3, 0.4) is 0 Å². The van der Waals surface area contributed by atoms with E-state index in [1.807, 2.05) is 30.3 Å². The highest BCUT2D eigenvalue weighted by Crippen LogP contribution is 2.31. The lowest BCUT2D eigenvalue weighted by Crippen LogP contribution is -1.86. The first kappa shape index (κ1) is 11.7. The van der Waals surface area contributed by atoms with E-state index in [0.717, 1.165) is 20.4 Å². The molecule has 0 N–H and O–H groups in total. The van der Waals surface area contributed by atoms with Crippen LogP contribution in [0.15, 0.2) is 69.3 Å². The zero-order valence-corrected chi connectivity index (χ0v) is 11.8. The molecule has 0 saturated heterocycles. The molecule has 0 aliphatic rings. The maximum Gasteiger partial charge on any atom is 0.117 e. The molecule has 2 nitrogen and oxygen atoms in total. The van der Waals surface area contributed by atoms with Crippen molar-refractivity contribution in [3.8, 4) is 0 Å². The number of aromatic nitrogens is 2. The van der Waals surface area contributed by atoms with Gasteiger partial charge in [0.15, 0.2) is 0 Å². The Kier molecular flexibility index (Phi) is 3.30. The van der Waals surface area contributed by atoms with Gasteiger partial charge in [-0.3, -0.25) is 0 Å². The largest absolute Gasteiger partial charge is 0.236 e. The fraction of sp³-hybridized carbons (Fsp3) is 0. The summed E-state index contributed by atoms with van der Waals surface area (Å²) in [5, 5.41) is 2.08. The van der Waals surface area contributed by atoms with Crippen LogP contribution in [0.25, 0.3) is 10.9 Å². The fourth-order valence-corrected chi connectivity index (χ4v) is 2.82. The van der Waals surface area contributed by atoms with E-state index in [1.54, 1.807) is 18.1 Å². The molecule has 0 unspecified atom stereocenters. The molecule has 0 radical (unpaired) electrons. The zero-order valence-electron chi connectivity index (χ0n) is 9.38. The van der Waals surface area contributed by atoms with Crippen LogP contribution in [-0.2, 0) is 0 Å². The highest BCUT2D eigenvalue weighted by molar-refractivity contribution is 9.10. The predicted molar refractivity (Wildman–Crippen MR) is 77.8 cm³/mol. The van der Waals surface area contributed by atoms with Gasteiger partial charge in [-0.15, -0.1) is 0 Å². The van der Waals surface area contributed by atoms with Gasteiger partial charge >= 0.3 is 0 Å². The van der Waals surface area contributed by atoms with Crippen molar-refractivity contribution in [3.63, 3.8) is 0 Å². The number of benzene rings is 2. The number of nitrogens with zero attached hydrogens (tertiary/aromatic N) is 2. The molecule has 0 spiro atoms. The van der Waals surface area contributed by atoms with E-state index in [2.05, 4.69) is 44.1 Å². The van der Waals surface area contributed by atoms with Gasteiger partial charge in [0.1, 0.15) is 11.4 Å². The Balaban J connectivity index is 2.02. The first-order valence-corrected chi connectivity index (χ1v) is 7.07. The molecule has 4 heteroatoms. The number of para-hydroxylation sites is 1. The van der Waals surface area contributed by atoms with Crippen LogP contribution in [0.1, 0.15) is 0 Å². The highest BCUT2D eigenvalue weighted by Gasteiger charge is 2.04. The minimum Gasteiger partial charge on any atom is -0.236 e. The second-order valence-corrected chi connectivity index (χ2v) is 5.73. The summed E-state index contributed by atoms with van der Waals surface area (Å²) >= 11 is 5.09. The summed E-state index contributed by atoms with van der Waals surface area (Å²) in [6.07, 6.45) is 1.61. The predicted octanol–water partition coefficient (Wildman–Crippen LogP) is 4.54. The minimum absolute atomic E-state index is 0.979. The number of fused-ring (bicyclic) bond motifs is 1. The van der Waals surface area contributed by atoms with Gasteiger partial charge < -0.3 is 0 Å². The topological polar surface area (TPSA) is 25.8 Å². The number of halogens is 1. The van der Waals surface area contributed by atoms with Crippen LogP contribution < -0.4 is 0 Å². The third kappa shape index (κ3) is 2.40. The average molecular weight is 317 g/mol. The average Bonchev–Trinajstić information content (AvgIpc) is 2.42. The second kappa shape index (κ2) is 5.08. The molecule has 0 fully saturated rings. The fourth-order valence-electron chi connectivity index (χ4n) is 1.68. The SMILES string of the molecule is Brc1ccc(Sc2ncnc3ccccc23)cc1. The first-order chi connectivity index (χ1) is 8.83. The van der Waals surface area contributed by atoms with E-state index < -0.39 is 0 Å². The van der Waals surface area contributed by atoms with Gasteiger partial charge in [-0.05, 0) is 30.3 Å². The van der Waals surface area contributed by atoms with Crippen molar-refractivity contribution < 1.29 is 0 Å². The molecule has 18 heavy (non-hydrogen) atoms. The van der Waals surface area contributed by atoms with Gasteiger partial charge in [0.25, 0.3) is 0 Å². The molecule has 3 aromatic rings.